The summed E-state index contributed by atoms with van der Waals surface area (Å²) in [7, 11) is 0. The van der Waals surface area contributed by atoms with Crippen molar-refractivity contribution < 1.29 is 9.26 Å². The van der Waals surface area contributed by atoms with Gasteiger partial charge in [-0.2, -0.15) is 4.98 Å². The first-order valence-corrected chi connectivity index (χ1v) is 7.68. The molecule has 2 aliphatic rings. The van der Waals surface area contributed by atoms with Crippen molar-refractivity contribution in [3.63, 3.8) is 0 Å². The number of nitrogens with zero attached hydrogens (tertiary/aromatic N) is 3. The van der Waals surface area contributed by atoms with Crippen LogP contribution in [0.5, 0.6) is 0 Å². The highest BCUT2D eigenvalue weighted by atomic mass is 16.5. The van der Waals surface area contributed by atoms with Crippen molar-refractivity contribution in [2.24, 2.45) is 0 Å². The number of para-hydroxylation sites is 1. The van der Waals surface area contributed by atoms with Crippen LogP contribution in [0, 0.1) is 0 Å². The molecule has 2 aliphatic heterocycles. The average Bonchev–Trinajstić information content (AvgIpc) is 3.27. The van der Waals surface area contributed by atoms with Gasteiger partial charge in [-0.05, 0) is 37.8 Å². The first kappa shape index (κ1) is 12.8. The van der Waals surface area contributed by atoms with Gasteiger partial charge in [0.05, 0.1) is 0 Å². The van der Waals surface area contributed by atoms with E-state index < -0.39 is 0 Å². The van der Waals surface area contributed by atoms with Crippen LogP contribution in [0.3, 0.4) is 0 Å². The summed E-state index contributed by atoms with van der Waals surface area (Å²) < 4.78 is 11.2. The van der Waals surface area contributed by atoms with Crippen LogP contribution in [-0.2, 0) is 4.74 Å². The van der Waals surface area contributed by atoms with Crippen molar-refractivity contribution in [2.45, 2.75) is 37.8 Å². The Hall–Kier alpha value is -1.88. The van der Waals surface area contributed by atoms with E-state index in [0.717, 1.165) is 44.7 Å². The molecule has 5 nitrogen and oxygen atoms in total. The van der Waals surface area contributed by atoms with Crippen LogP contribution in [-0.4, -0.2) is 23.3 Å². The van der Waals surface area contributed by atoms with Crippen LogP contribution < -0.4 is 4.90 Å². The Morgan fingerprint density at radius 1 is 1.10 bits per heavy atom. The van der Waals surface area contributed by atoms with Gasteiger partial charge < -0.3 is 14.2 Å². The lowest BCUT2D eigenvalue weighted by atomic mass is 10.2. The van der Waals surface area contributed by atoms with Gasteiger partial charge in [-0.25, -0.2) is 0 Å². The number of rotatable bonds is 3. The minimum Gasteiger partial charge on any atom is -0.370 e. The van der Waals surface area contributed by atoms with Crippen molar-refractivity contribution in [2.75, 3.05) is 18.1 Å². The van der Waals surface area contributed by atoms with E-state index in [1.54, 1.807) is 0 Å². The third-order valence-corrected chi connectivity index (χ3v) is 4.30. The minimum absolute atomic E-state index is 0.0223. The minimum atomic E-state index is 0.0223. The Morgan fingerprint density at radius 2 is 2.00 bits per heavy atom. The summed E-state index contributed by atoms with van der Waals surface area (Å²) in [5, 5.41) is 4.13. The summed E-state index contributed by atoms with van der Waals surface area (Å²) in [5.74, 6) is 1.43. The molecule has 0 spiro atoms. The summed E-state index contributed by atoms with van der Waals surface area (Å²) in [6, 6.07) is 10.6. The van der Waals surface area contributed by atoms with Crippen LogP contribution >= 0.6 is 0 Å². The molecule has 2 saturated heterocycles. The van der Waals surface area contributed by atoms with Crippen molar-refractivity contribution in [3.8, 4) is 0 Å². The zero-order valence-electron chi connectivity index (χ0n) is 11.9. The first-order chi connectivity index (χ1) is 10.4. The largest absolute Gasteiger partial charge is 0.370 e. The molecule has 110 valence electrons. The van der Waals surface area contributed by atoms with Crippen molar-refractivity contribution in [1.29, 1.82) is 0 Å². The van der Waals surface area contributed by atoms with Gasteiger partial charge in [-0.3, -0.25) is 0 Å². The molecule has 0 amide bonds. The van der Waals surface area contributed by atoms with Crippen molar-refractivity contribution in [3.05, 3.63) is 42.0 Å². The molecule has 5 heteroatoms. The lowest BCUT2D eigenvalue weighted by molar-refractivity contribution is 0.103. The highest BCUT2D eigenvalue weighted by Gasteiger charge is 2.32. The lowest BCUT2D eigenvalue weighted by Crippen LogP contribution is -2.22. The fraction of sp³-hybridized carbons (Fsp3) is 0.500. The SMILES string of the molecule is c1ccc(N2CCC[C@H]2c2nc([C@H]3CCCO3)no2)cc1. The summed E-state index contributed by atoms with van der Waals surface area (Å²) in [6.07, 6.45) is 4.30. The lowest BCUT2D eigenvalue weighted by Gasteiger charge is -2.23. The molecule has 1 aromatic heterocycles. The van der Waals surface area contributed by atoms with Crippen molar-refractivity contribution >= 4 is 5.69 Å². The van der Waals surface area contributed by atoms with Gasteiger partial charge in [-0.15, -0.1) is 0 Å². The molecule has 0 N–H and O–H groups in total. The maximum absolute atomic E-state index is 5.63. The topological polar surface area (TPSA) is 51.4 Å². The Labute approximate surface area is 123 Å². The van der Waals surface area contributed by atoms with E-state index in [2.05, 4.69) is 39.3 Å². The standard InChI is InChI=1S/C16H19N3O2/c1-2-6-12(7-3-1)19-10-4-8-13(19)16-17-15(18-21-16)14-9-5-11-20-14/h1-3,6-7,13-14H,4-5,8-11H2/t13-,14+/m0/s1. The first-order valence-electron chi connectivity index (χ1n) is 7.68. The molecule has 0 saturated carbocycles. The third kappa shape index (κ3) is 2.42. The Morgan fingerprint density at radius 3 is 2.81 bits per heavy atom. The highest BCUT2D eigenvalue weighted by molar-refractivity contribution is 5.48. The van der Waals surface area contributed by atoms with Gasteiger partial charge in [-0.1, -0.05) is 23.4 Å². The third-order valence-electron chi connectivity index (χ3n) is 4.30. The summed E-state index contributed by atoms with van der Waals surface area (Å²) in [5.41, 5.74) is 1.22. The zero-order chi connectivity index (χ0) is 14.1. The molecule has 0 radical (unpaired) electrons. The number of hydrogen-bond donors (Lipinski definition) is 0. The van der Waals surface area contributed by atoms with E-state index in [9.17, 15) is 0 Å². The van der Waals surface area contributed by atoms with Crippen LogP contribution in [0.25, 0.3) is 0 Å². The van der Waals surface area contributed by atoms with E-state index in [1.807, 2.05) is 6.07 Å². The normalized spacial score (nSPS) is 25.6. The molecule has 1 aromatic carbocycles. The second-order valence-electron chi connectivity index (χ2n) is 5.68. The smallest absolute Gasteiger partial charge is 0.249 e. The van der Waals surface area contributed by atoms with Crippen LogP contribution in [0.4, 0.5) is 5.69 Å². The van der Waals surface area contributed by atoms with Gasteiger partial charge in [0.2, 0.25) is 11.7 Å². The number of ether oxygens (including phenoxy) is 1. The van der Waals surface area contributed by atoms with E-state index in [0.29, 0.717) is 5.82 Å². The molecule has 21 heavy (non-hydrogen) atoms. The van der Waals surface area contributed by atoms with Gasteiger partial charge in [0.1, 0.15) is 12.1 Å². The quantitative estimate of drug-likeness (QED) is 0.866. The summed E-state index contributed by atoms with van der Waals surface area (Å²) in [6.45, 7) is 1.83. The fourth-order valence-corrected chi connectivity index (χ4v) is 3.25. The average molecular weight is 285 g/mol. The van der Waals surface area contributed by atoms with Gasteiger partial charge in [0.15, 0.2) is 0 Å². The van der Waals surface area contributed by atoms with E-state index in [-0.39, 0.29) is 12.1 Å². The molecule has 3 heterocycles. The Kier molecular flexibility index (Phi) is 3.35. The maximum atomic E-state index is 5.63. The second kappa shape index (κ2) is 5.48. The zero-order valence-corrected chi connectivity index (χ0v) is 11.9. The van der Waals surface area contributed by atoms with E-state index in [4.69, 9.17) is 9.26 Å². The monoisotopic (exact) mass is 285 g/mol. The molecule has 0 bridgehead atoms. The predicted octanol–water partition coefficient (Wildman–Crippen LogP) is 3.26. The predicted molar refractivity (Wildman–Crippen MR) is 78.0 cm³/mol. The molecular formula is C16H19N3O2. The molecule has 2 aromatic rings. The van der Waals surface area contributed by atoms with Gasteiger partial charge in [0.25, 0.3) is 0 Å². The van der Waals surface area contributed by atoms with E-state index >= 15 is 0 Å². The van der Waals surface area contributed by atoms with Crippen LogP contribution in [0.15, 0.2) is 34.9 Å². The van der Waals surface area contributed by atoms with Crippen LogP contribution in [0.2, 0.25) is 0 Å². The molecule has 4 rings (SSSR count). The summed E-state index contributed by atoms with van der Waals surface area (Å²) >= 11 is 0. The molecule has 0 aliphatic carbocycles. The number of benzene rings is 1. The summed E-state index contributed by atoms with van der Waals surface area (Å²) in [4.78, 5) is 6.96. The molecular weight excluding hydrogens is 266 g/mol. The maximum Gasteiger partial charge on any atom is 0.249 e. The van der Waals surface area contributed by atoms with Gasteiger partial charge >= 0.3 is 0 Å². The number of aromatic nitrogens is 2. The highest BCUT2D eigenvalue weighted by Crippen LogP contribution is 2.36. The van der Waals surface area contributed by atoms with Crippen LogP contribution in [0.1, 0.15) is 49.5 Å². The molecule has 2 fully saturated rings. The fourth-order valence-electron chi connectivity index (χ4n) is 3.25. The second-order valence-corrected chi connectivity index (χ2v) is 5.68. The Balaban J connectivity index is 1.57. The number of anilines is 1. The molecule has 2 atom stereocenters. The van der Waals surface area contributed by atoms with Gasteiger partial charge in [0, 0.05) is 18.8 Å². The van der Waals surface area contributed by atoms with E-state index in [1.165, 1.54) is 5.69 Å². The molecule has 0 unspecified atom stereocenters. The number of hydrogen-bond acceptors (Lipinski definition) is 5. The Bertz CT molecular complexity index is 593. The van der Waals surface area contributed by atoms with Crippen molar-refractivity contribution in [1.82, 2.24) is 10.1 Å².